The van der Waals surface area contributed by atoms with Crippen molar-refractivity contribution in [3.05, 3.63) is 0 Å². The molecule has 1 aliphatic rings. The maximum absolute atomic E-state index is 12.3. The first-order chi connectivity index (χ1) is 7.82. The quantitative estimate of drug-likeness (QED) is 0.764. The van der Waals surface area contributed by atoms with Gasteiger partial charge in [0.15, 0.2) is 0 Å². The molecule has 5 nitrogen and oxygen atoms in total. The molecule has 0 saturated heterocycles. The van der Waals surface area contributed by atoms with Crippen LogP contribution in [-0.4, -0.2) is 40.0 Å². The largest absolute Gasteiger partial charge is 0.480 e. The van der Waals surface area contributed by atoms with Crippen molar-refractivity contribution in [1.82, 2.24) is 4.90 Å². The fraction of sp³-hybridized carbons (Fsp3) is 0.833. The highest BCUT2D eigenvalue weighted by molar-refractivity contribution is 5.88. The summed E-state index contributed by atoms with van der Waals surface area (Å²) in [5.74, 6) is -1.32. The first-order valence-electron chi connectivity index (χ1n) is 6.12. The average Bonchev–Trinajstić information content (AvgIpc) is 2.64. The van der Waals surface area contributed by atoms with Crippen LogP contribution in [0.1, 0.15) is 40.0 Å². The van der Waals surface area contributed by atoms with Crippen LogP contribution < -0.4 is 5.73 Å². The van der Waals surface area contributed by atoms with E-state index in [1.807, 2.05) is 0 Å². The number of rotatable bonds is 4. The van der Waals surface area contributed by atoms with Gasteiger partial charge in [-0.3, -0.25) is 4.79 Å². The van der Waals surface area contributed by atoms with Crippen LogP contribution in [0.15, 0.2) is 0 Å². The summed E-state index contributed by atoms with van der Waals surface area (Å²) in [6, 6.07) is -0.124. The molecule has 2 atom stereocenters. The summed E-state index contributed by atoms with van der Waals surface area (Å²) in [5.41, 5.74) is 4.72. The highest BCUT2D eigenvalue weighted by Gasteiger charge is 2.41. The number of carbonyl (C=O) groups excluding carboxylic acids is 1. The van der Waals surface area contributed by atoms with Crippen molar-refractivity contribution < 1.29 is 14.7 Å². The molecule has 0 bridgehead atoms. The molecule has 1 saturated carbocycles. The number of carbonyl (C=O) groups is 2. The summed E-state index contributed by atoms with van der Waals surface area (Å²) in [5, 5.41) is 9.18. The number of aliphatic carboxylic acids is 1. The van der Waals surface area contributed by atoms with Crippen LogP contribution in [0.2, 0.25) is 0 Å². The van der Waals surface area contributed by atoms with Crippen molar-refractivity contribution >= 4 is 11.9 Å². The van der Waals surface area contributed by atoms with Gasteiger partial charge in [0.05, 0.1) is 5.92 Å². The number of carboxylic acid groups (broad SMARTS) is 1. The molecule has 1 rings (SSSR count). The summed E-state index contributed by atoms with van der Waals surface area (Å²) in [4.78, 5) is 24.9. The summed E-state index contributed by atoms with van der Waals surface area (Å²) in [6.45, 7) is 5.29. The normalized spacial score (nSPS) is 24.7. The van der Waals surface area contributed by atoms with Gasteiger partial charge in [0.2, 0.25) is 5.91 Å². The van der Waals surface area contributed by atoms with E-state index in [-0.39, 0.29) is 17.9 Å². The van der Waals surface area contributed by atoms with E-state index in [9.17, 15) is 14.7 Å². The van der Waals surface area contributed by atoms with Gasteiger partial charge in [-0.15, -0.1) is 0 Å². The van der Waals surface area contributed by atoms with Gasteiger partial charge in [0.25, 0.3) is 0 Å². The van der Waals surface area contributed by atoms with E-state index >= 15 is 0 Å². The Bertz CT molecular complexity index is 315. The third kappa shape index (κ3) is 2.60. The number of carboxylic acids is 1. The summed E-state index contributed by atoms with van der Waals surface area (Å²) < 4.78 is 0. The molecule has 0 spiro atoms. The van der Waals surface area contributed by atoms with Crippen molar-refractivity contribution in [2.75, 3.05) is 6.54 Å². The summed E-state index contributed by atoms with van der Waals surface area (Å²) in [6.07, 6.45) is 2.57. The Morgan fingerprint density at radius 2 is 2.00 bits per heavy atom. The lowest BCUT2D eigenvalue weighted by atomic mass is 9.96. The Balaban J connectivity index is 2.87. The van der Waals surface area contributed by atoms with Gasteiger partial charge in [0.1, 0.15) is 5.54 Å². The van der Waals surface area contributed by atoms with E-state index in [0.29, 0.717) is 6.54 Å². The zero-order chi connectivity index (χ0) is 13.2. The zero-order valence-corrected chi connectivity index (χ0v) is 10.8. The Kier molecular flexibility index (Phi) is 4.14. The van der Waals surface area contributed by atoms with E-state index in [1.165, 1.54) is 4.90 Å². The highest BCUT2D eigenvalue weighted by Crippen LogP contribution is 2.28. The van der Waals surface area contributed by atoms with E-state index in [1.54, 1.807) is 20.8 Å². The number of hydrogen-bond acceptors (Lipinski definition) is 3. The topological polar surface area (TPSA) is 83.6 Å². The molecular weight excluding hydrogens is 220 g/mol. The maximum atomic E-state index is 12.3. The van der Waals surface area contributed by atoms with Gasteiger partial charge >= 0.3 is 5.97 Å². The Labute approximate surface area is 102 Å². The Hall–Kier alpha value is -1.10. The minimum atomic E-state index is -1.17. The molecule has 98 valence electrons. The fourth-order valence-corrected chi connectivity index (χ4v) is 2.44. The minimum absolute atomic E-state index is 0.120. The highest BCUT2D eigenvalue weighted by atomic mass is 16.4. The van der Waals surface area contributed by atoms with Crippen molar-refractivity contribution in [2.45, 2.75) is 51.6 Å². The second-order valence-electron chi connectivity index (χ2n) is 5.15. The van der Waals surface area contributed by atoms with Crippen LogP contribution in [-0.2, 0) is 9.59 Å². The molecule has 0 aromatic carbocycles. The molecule has 0 aliphatic heterocycles. The van der Waals surface area contributed by atoms with Crippen LogP contribution in [0, 0.1) is 5.92 Å². The monoisotopic (exact) mass is 242 g/mol. The lowest BCUT2D eigenvalue weighted by Gasteiger charge is -2.36. The smallest absolute Gasteiger partial charge is 0.329 e. The zero-order valence-electron chi connectivity index (χ0n) is 10.8. The second-order valence-corrected chi connectivity index (χ2v) is 5.15. The molecule has 2 unspecified atom stereocenters. The fourth-order valence-electron chi connectivity index (χ4n) is 2.44. The van der Waals surface area contributed by atoms with Gasteiger partial charge in [-0.05, 0) is 33.6 Å². The van der Waals surface area contributed by atoms with Crippen LogP contribution in [0.25, 0.3) is 0 Å². The van der Waals surface area contributed by atoms with Crippen LogP contribution in [0.3, 0.4) is 0 Å². The number of nitrogens with zero attached hydrogens (tertiary/aromatic N) is 1. The van der Waals surface area contributed by atoms with E-state index in [4.69, 9.17) is 5.73 Å². The third-order valence-corrected chi connectivity index (χ3v) is 3.67. The second kappa shape index (κ2) is 5.04. The molecule has 0 aromatic rings. The maximum Gasteiger partial charge on any atom is 0.329 e. The Morgan fingerprint density at radius 3 is 2.35 bits per heavy atom. The van der Waals surface area contributed by atoms with Gasteiger partial charge in [-0.25, -0.2) is 4.79 Å². The molecule has 1 fully saturated rings. The lowest BCUT2D eigenvalue weighted by Crippen LogP contribution is -2.55. The van der Waals surface area contributed by atoms with Crippen LogP contribution in [0.5, 0.6) is 0 Å². The molecule has 5 heteroatoms. The van der Waals surface area contributed by atoms with Gasteiger partial charge in [-0.1, -0.05) is 6.42 Å². The number of hydrogen-bond donors (Lipinski definition) is 2. The van der Waals surface area contributed by atoms with Crippen molar-refractivity contribution in [2.24, 2.45) is 11.7 Å². The predicted octanol–water partition coefficient (Wildman–Crippen LogP) is 0.825. The third-order valence-electron chi connectivity index (χ3n) is 3.67. The molecule has 1 amide bonds. The molecule has 17 heavy (non-hydrogen) atoms. The lowest BCUT2D eigenvalue weighted by molar-refractivity contribution is -0.158. The standard InChI is InChI=1S/C12H22N2O3/c1-4-14(12(2,3)11(16)17)10(15)8-6-5-7-9(8)13/h8-9H,4-7,13H2,1-3H3,(H,16,17). The molecule has 0 heterocycles. The number of likely N-dealkylation sites (N-methyl/N-ethyl adjacent to an activating group) is 1. The van der Waals surface area contributed by atoms with Crippen LogP contribution in [0.4, 0.5) is 0 Å². The summed E-state index contributed by atoms with van der Waals surface area (Å²) in [7, 11) is 0. The SMILES string of the molecule is CCN(C(=O)C1CCCC1N)C(C)(C)C(=O)O. The van der Waals surface area contributed by atoms with Crippen LogP contribution >= 0.6 is 0 Å². The average molecular weight is 242 g/mol. The molecule has 1 aliphatic carbocycles. The van der Waals surface area contributed by atoms with Gasteiger partial charge < -0.3 is 15.7 Å². The van der Waals surface area contributed by atoms with E-state index in [0.717, 1.165) is 19.3 Å². The van der Waals surface area contributed by atoms with Gasteiger partial charge in [0, 0.05) is 12.6 Å². The predicted molar refractivity (Wildman–Crippen MR) is 64.4 cm³/mol. The molecule has 3 N–H and O–H groups in total. The Morgan fingerprint density at radius 1 is 1.41 bits per heavy atom. The molecule has 0 radical (unpaired) electrons. The van der Waals surface area contributed by atoms with Crippen molar-refractivity contribution in [1.29, 1.82) is 0 Å². The first-order valence-corrected chi connectivity index (χ1v) is 6.12. The number of amides is 1. The van der Waals surface area contributed by atoms with E-state index in [2.05, 4.69) is 0 Å². The number of nitrogens with two attached hydrogens (primary N) is 1. The molecule has 0 aromatic heterocycles. The van der Waals surface area contributed by atoms with Gasteiger partial charge in [-0.2, -0.15) is 0 Å². The van der Waals surface area contributed by atoms with E-state index < -0.39 is 11.5 Å². The van der Waals surface area contributed by atoms with Crippen molar-refractivity contribution in [3.8, 4) is 0 Å². The first kappa shape index (κ1) is 14.0. The van der Waals surface area contributed by atoms with Crippen molar-refractivity contribution in [3.63, 3.8) is 0 Å². The summed E-state index contributed by atoms with van der Waals surface area (Å²) >= 11 is 0. The molecular formula is C12H22N2O3. The minimum Gasteiger partial charge on any atom is -0.480 e.